The molecule has 0 saturated heterocycles. The quantitative estimate of drug-likeness (QED) is 0.634. The van der Waals surface area contributed by atoms with Crippen LogP contribution in [0.3, 0.4) is 0 Å². The molecule has 0 spiro atoms. The van der Waals surface area contributed by atoms with Gasteiger partial charge < -0.3 is 10.1 Å². The summed E-state index contributed by atoms with van der Waals surface area (Å²) in [5.41, 5.74) is 3.37. The number of hydrogen-bond donors (Lipinski definition) is 1. The molecule has 0 saturated carbocycles. The van der Waals surface area contributed by atoms with Crippen molar-refractivity contribution in [1.29, 1.82) is 0 Å². The fourth-order valence-electron chi connectivity index (χ4n) is 2.17. The van der Waals surface area contributed by atoms with Crippen LogP contribution in [0.4, 0.5) is 0 Å². The third-order valence-electron chi connectivity index (χ3n) is 3.72. The number of ether oxygens (including phenoxy) is 1. The standard InChI is InChI=1S/C19H21Cl2NO2S/c1-13-4-3-5-18(14(13)2)24-9-8-22-19(23)12-25-11-15-6-7-16(20)17(21)10-15/h3-7,10H,8-9,11-12H2,1-2H3,(H,22,23). The van der Waals surface area contributed by atoms with Crippen molar-refractivity contribution in [3.05, 3.63) is 63.1 Å². The summed E-state index contributed by atoms with van der Waals surface area (Å²) in [5.74, 6) is 1.96. The summed E-state index contributed by atoms with van der Waals surface area (Å²) in [5, 5.41) is 3.94. The summed E-state index contributed by atoms with van der Waals surface area (Å²) in [6.07, 6.45) is 0. The predicted molar refractivity (Wildman–Crippen MR) is 107 cm³/mol. The van der Waals surface area contributed by atoms with Crippen molar-refractivity contribution in [3.63, 3.8) is 0 Å². The Hall–Kier alpha value is -1.36. The van der Waals surface area contributed by atoms with Crippen LogP contribution < -0.4 is 10.1 Å². The van der Waals surface area contributed by atoms with Gasteiger partial charge in [-0.2, -0.15) is 0 Å². The van der Waals surface area contributed by atoms with Crippen molar-refractivity contribution in [2.75, 3.05) is 18.9 Å². The van der Waals surface area contributed by atoms with Gasteiger partial charge in [-0.25, -0.2) is 0 Å². The van der Waals surface area contributed by atoms with Gasteiger partial charge in [0.15, 0.2) is 0 Å². The highest BCUT2D eigenvalue weighted by molar-refractivity contribution is 7.99. The Bertz CT molecular complexity index is 737. The summed E-state index contributed by atoms with van der Waals surface area (Å²) in [6, 6.07) is 11.5. The molecule has 0 heterocycles. The van der Waals surface area contributed by atoms with Gasteiger partial charge in [0, 0.05) is 5.75 Å². The lowest BCUT2D eigenvalue weighted by Crippen LogP contribution is -2.29. The highest BCUT2D eigenvalue weighted by Gasteiger charge is 2.05. The summed E-state index contributed by atoms with van der Waals surface area (Å²) < 4.78 is 5.72. The fraction of sp³-hybridized carbons (Fsp3) is 0.316. The smallest absolute Gasteiger partial charge is 0.230 e. The predicted octanol–water partition coefficient (Wildman–Crippen LogP) is 5.04. The van der Waals surface area contributed by atoms with Crippen LogP contribution in [0.2, 0.25) is 10.0 Å². The summed E-state index contributed by atoms with van der Waals surface area (Å²) in [4.78, 5) is 11.9. The Kier molecular flexibility index (Phi) is 7.94. The number of benzene rings is 2. The van der Waals surface area contributed by atoms with Crippen LogP contribution in [0.5, 0.6) is 5.75 Å². The number of nitrogens with one attached hydrogen (secondary N) is 1. The number of rotatable bonds is 8. The molecule has 2 rings (SSSR count). The van der Waals surface area contributed by atoms with Crippen molar-refractivity contribution < 1.29 is 9.53 Å². The average molecular weight is 398 g/mol. The molecular weight excluding hydrogens is 377 g/mol. The first-order chi connectivity index (χ1) is 12.0. The molecule has 0 fully saturated rings. The molecular formula is C19H21Cl2NO2S. The Labute approximate surface area is 163 Å². The van der Waals surface area contributed by atoms with Gasteiger partial charge in [-0.05, 0) is 48.7 Å². The molecule has 0 aliphatic heterocycles. The van der Waals surface area contributed by atoms with Crippen LogP contribution >= 0.6 is 35.0 Å². The van der Waals surface area contributed by atoms with Gasteiger partial charge in [-0.3, -0.25) is 4.79 Å². The zero-order valence-electron chi connectivity index (χ0n) is 14.3. The third kappa shape index (κ3) is 6.46. The van der Waals surface area contributed by atoms with E-state index in [2.05, 4.69) is 18.3 Å². The average Bonchev–Trinajstić information content (AvgIpc) is 2.58. The van der Waals surface area contributed by atoms with Gasteiger partial charge in [0.1, 0.15) is 12.4 Å². The van der Waals surface area contributed by atoms with Crippen LogP contribution in [0, 0.1) is 13.8 Å². The molecule has 3 nitrogen and oxygen atoms in total. The molecule has 0 radical (unpaired) electrons. The SMILES string of the molecule is Cc1cccc(OCCNC(=O)CSCc2ccc(Cl)c(Cl)c2)c1C. The number of carbonyl (C=O) groups is 1. The van der Waals surface area contributed by atoms with E-state index in [1.807, 2.05) is 31.2 Å². The molecule has 25 heavy (non-hydrogen) atoms. The molecule has 6 heteroatoms. The minimum atomic E-state index is -0.00498. The molecule has 0 aliphatic rings. The summed E-state index contributed by atoms with van der Waals surface area (Å²) >= 11 is 13.4. The molecule has 0 atom stereocenters. The van der Waals surface area contributed by atoms with Crippen LogP contribution in [0.25, 0.3) is 0 Å². The number of amides is 1. The van der Waals surface area contributed by atoms with Crippen molar-refractivity contribution in [2.24, 2.45) is 0 Å². The van der Waals surface area contributed by atoms with Crippen LogP contribution in [-0.4, -0.2) is 24.8 Å². The number of carbonyl (C=O) groups excluding carboxylic acids is 1. The molecule has 0 aliphatic carbocycles. The van der Waals surface area contributed by atoms with E-state index in [1.54, 1.807) is 6.07 Å². The maximum absolute atomic E-state index is 11.9. The Morgan fingerprint density at radius 3 is 2.72 bits per heavy atom. The zero-order chi connectivity index (χ0) is 18.2. The molecule has 1 N–H and O–H groups in total. The lowest BCUT2D eigenvalue weighted by molar-refractivity contribution is -0.118. The molecule has 0 unspecified atom stereocenters. The first-order valence-corrected chi connectivity index (χ1v) is 9.86. The highest BCUT2D eigenvalue weighted by atomic mass is 35.5. The topological polar surface area (TPSA) is 38.3 Å². The van der Waals surface area contributed by atoms with Crippen LogP contribution in [-0.2, 0) is 10.5 Å². The summed E-state index contributed by atoms with van der Waals surface area (Å²) in [7, 11) is 0. The van der Waals surface area contributed by atoms with E-state index in [-0.39, 0.29) is 5.91 Å². The van der Waals surface area contributed by atoms with Crippen molar-refractivity contribution >= 4 is 40.9 Å². The van der Waals surface area contributed by atoms with Gasteiger partial charge in [0.2, 0.25) is 5.91 Å². The molecule has 2 aromatic rings. The lowest BCUT2D eigenvalue weighted by atomic mass is 10.1. The largest absolute Gasteiger partial charge is 0.491 e. The van der Waals surface area contributed by atoms with Crippen LogP contribution in [0.1, 0.15) is 16.7 Å². The van der Waals surface area contributed by atoms with Gasteiger partial charge in [0.05, 0.1) is 22.3 Å². The Balaban J connectivity index is 1.64. The maximum atomic E-state index is 11.9. The van der Waals surface area contributed by atoms with Gasteiger partial charge in [0.25, 0.3) is 0 Å². The Morgan fingerprint density at radius 1 is 1.16 bits per heavy atom. The minimum Gasteiger partial charge on any atom is -0.491 e. The van der Waals surface area contributed by atoms with E-state index < -0.39 is 0 Å². The second kappa shape index (κ2) is 9.95. The van der Waals surface area contributed by atoms with E-state index >= 15 is 0 Å². The van der Waals surface area contributed by atoms with Crippen molar-refractivity contribution in [1.82, 2.24) is 5.32 Å². The maximum Gasteiger partial charge on any atom is 0.230 e. The normalized spacial score (nSPS) is 10.6. The lowest BCUT2D eigenvalue weighted by Gasteiger charge is -2.11. The van der Waals surface area contributed by atoms with Crippen molar-refractivity contribution in [3.8, 4) is 5.75 Å². The third-order valence-corrected chi connectivity index (χ3v) is 5.47. The minimum absolute atomic E-state index is 0.00498. The van der Waals surface area contributed by atoms with E-state index in [9.17, 15) is 4.79 Å². The van der Waals surface area contributed by atoms with Crippen LogP contribution in [0.15, 0.2) is 36.4 Å². The van der Waals surface area contributed by atoms with Gasteiger partial charge >= 0.3 is 0 Å². The van der Waals surface area contributed by atoms with E-state index in [0.717, 1.165) is 16.9 Å². The molecule has 134 valence electrons. The Morgan fingerprint density at radius 2 is 1.96 bits per heavy atom. The summed E-state index contributed by atoms with van der Waals surface area (Å²) in [6.45, 7) is 5.02. The molecule has 1 amide bonds. The first-order valence-electron chi connectivity index (χ1n) is 7.94. The van der Waals surface area contributed by atoms with E-state index in [0.29, 0.717) is 34.7 Å². The molecule has 0 aromatic heterocycles. The highest BCUT2D eigenvalue weighted by Crippen LogP contribution is 2.24. The first kappa shape index (κ1) is 20.0. The fourth-order valence-corrected chi connectivity index (χ4v) is 3.30. The number of thioether (sulfide) groups is 1. The van der Waals surface area contributed by atoms with E-state index in [1.165, 1.54) is 17.3 Å². The second-order valence-corrected chi connectivity index (χ2v) is 7.44. The number of aryl methyl sites for hydroxylation is 1. The molecule has 2 aromatic carbocycles. The van der Waals surface area contributed by atoms with Gasteiger partial charge in [-0.15, -0.1) is 11.8 Å². The van der Waals surface area contributed by atoms with Gasteiger partial charge in [-0.1, -0.05) is 41.4 Å². The zero-order valence-corrected chi connectivity index (χ0v) is 16.6. The second-order valence-electron chi connectivity index (χ2n) is 5.64. The molecule has 0 bridgehead atoms. The monoisotopic (exact) mass is 397 g/mol. The number of halogens is 2. The van der Waals surface area contributed by atoms with E-state index in [4.69, 9.17) is 27.9 Å². The number of hydrogen-bond acceptors (Lipinski definition) is 3. The van der Waals surface area contributed by atoms with Crippen molar-refractivity contribution in [2.45, 2.75) is 19.6 Å².